The van der Waals surface area contributed by atoms with Crippen LogP contribution in [0.15, 0.2) is 24.3 Å². The summed E-state index contributed by atoms with van der Waals surface area (Å²) in [4.78, 5) is 14.1. The molecule has 1 aliphatic heterocycles. The van der Waals surface area contributed by atoms with Gasteiger partial charge in [0, 0.05) is 24.0 Å². The van der Waals surface area contributed by atoms with E-state index in [2.05, 4.69) is 6.92 Å². The Bertz CT molecular complexity index is 450. The van der Waals surface area contributed by atoms with Crippen LogP contribution in [-0.4, -0.2) is 23.4 Å². The van der Waals surface area contributed by atoms with Gasteiger partial charge in [-0.2, -0.15) is 0 Å². The lowest BCUT2D eigenvalue weighted by atomic mass is 9.90. The third kappa shape index (κ3) is 3.10. The lowest BCUT2D eigenvalue weighted by Gasteiger charge is -2.40. The van der Waals surface area contributed by atoms with Crippen molar-refractivity contribution in [2.24, 2.45) is 5.73 Å². The molecule has 4 heteroatoms. The van der Waals surface area contributed by atoms with Crippen molar-refractivity contribution >= 4 is 17.5 Å². The molecule has 2 unspecified atom stereocenters. The third-order valence-electron chi connectivity index (χ3n) is 3.73. The van der Waals surface area contributed by atoms with Gasteiger partial charge in [0.15, 0.2) is 0 Å². The second-order valence-corrected chi connectivity index (χ2v) is 5.52. The highest BCUT2D eigenvalue weighted by Crippen LogP contribution is 2.34. The molecule has 2 atom stereocenters. The van der Waals surface area contributed by atoms with E-state index in [9.17, 15) is 4.79 Å². The maximum absolute atomic E-state index is 12.2. The monoisotopic (exact) mass is 280 g/mol. The van der Waals surface area contributed by atoms with Gasteiger partial charge in [-0.25, -0.2) is 0 Å². The SMILES string of the molecule is CCCCN1C(=O)CCC(N)C1c1ccccc1Cl. The van der Waals surface area contributed by atoms with Gasteiger partial charge in [0.1, 0.15) is 0 Å². The highest BCUT2D eigenvalue weighted by Gasteiger charge is 2.35. The molecule has 0 aromatic heterocycles. The average Bonchev–Trinajstić information content (AvgIpc) is 2.41. The second kappa shape index (κ2) is 6.40. The van der Waals surface area contributed by atoms with Crippen molar-refractivity contribution in [2.45, 2.75) is 44.7 Å². The number of nitrogens with zero attached hydrogens (tertiary/aromatic N) is 1. The maximum Gasteiger partial charge on any atom is 0.223 e. The lowest BCUT2D eigenvalue weighted by molar-refractivity contribution is -0.137. The van der Waals surface area contributed by atoms with Crippen LogP contribution >= 0.6 is 11.6 Å². The van der Waals surface area contributed by atoms with Gasteiger partial charge in [-0.15, -0.1) is 0 Å². The zero-order valence-electron chi connectivity index (χ0n) is 11.3. The van der Waals surface area contributed by atoms with Crippen LogP contribution in [0.5, 0.6) is 0 Å². The molecule has 0 saturated carbocycles. The average molecular weight is 281 g/mol. The van der Waals surface area contributed by atoms with Crippen molar-refractivity contribution in [3.05, 3.63) is 34.9 Å². The van der Waals surface area contributed by atoms with Crippen molar-refractivity contribution < 1.29 is 4.79 Å². The third-order valence-corrected chi connectivity index (χ3v) is 4.07. The standard InChI is InChI=1S/C15H21ClN2O/c1-2-3-10-18-14(19)9-8-13(17)15(18)11-6-4-5-7-12(11)16/h4-7,13,15H,2-3,8-10,17H2,1H3. The molecular weight excluding hydrogens is 260 g/mol. The first kappa shape index (κ1) is 14.4. The minimum Gasteiger partial charge on any atom is -0.334 e. The van der Waals surface area contributed by atoms with Crippen LogP contribution in [0, 0.1) is 0 Å². The van der Waals surface area contributed by atoms with E-state index in [0.29, 0.717) is 11.4 Å². The van der Waals surface area contributed by atoms with E-state index in [-0.39, 0.29) is 18.0 Å². The number of unbranched alkanes of at least 4 members (excludes halogenated alkanes) is 1. The van der Waals surface area contributed by atoms with Gasteiger partial charge in [-0.1, -0.05) is 43.1 Å². The molecule has 0 spiro atoms. The van der Waals surface area contributed by atoms with E-state index in [1.165, 1.54) is 0 Å². The fraction of sp³-hybridized carbons (Fsp3) is 0.533. The Morgan fingerprint density at radius 1 is 1.42 bits per heavy atom. The van der Waals surface area contributed by atoms with Crippen molar-refractivity contribution in [2.75, 3.05) is 6.54 Å². The predicted octanol–water partition coefficient (Wildman–Crippen LogP) is 3.13. The molecule has 1 aromatic rings. The molecule has 1 saturated heterocycles. The van der Waals surface area contributed by atoms with E-state index in [0.717, 1.165) is 31.4 Å². The van der Waals surface area contributed by atoms with Gasteiger partial charge in [0.25, 0.3) is 0 Å². The summed E-state index contributed by atoms with van der Waals surface area (Å²) >= 11 is 6.28. The molecule has 0 bridgehead atoms. The number of carbonyl (C=O) groups is 1. The summed E-state index contributed by atoms with van der Waals surface area (Å²) in [6.45, 7) is 2.89. The van der Waals surface area contributed by atoms with Crippen LogP contribution < -0.4 is 5.73 Å². The Morgan fingerprint density at radius 3 is 2.84 bits per heavy atom. The van der Waals surface area contributed by atoms with Crippen molar-refractivity contribution in [3.8, 4) is 0 Å². The van der Waals surface area contributed by atoms with Gasteiger partial charge in [-0.3, -0.25) is 4.79 Å². The zero-order chi connectivity index (χ0) is 13.8. The van der Waals surface area contributed by atoms with E-state index < -0.39 is 0 Å². The summed E-state index contributed by atoms with van der Waals surface area (Å²) in [5.41, 5.74) is 7.22. The van der Waals surface area contributed by atoms with Crippen molar-refractivity contribution in [1.29, 1.82) is 0 Å². The normalized spacial score (nSPS) is 23.7. The Hall–Kier alpha value is -1.06. The molecule has 3 nitrogen and oxygen atoms in total. The minimum absolute atomic E-state index is 0.0329. The van der Waals surface area contributed by atoms with E-state index >= 15 is 0 Å². The van der Waals surface area contributed by atoms with Crippen LogP contribution in [0.2, 0.25) is 5.02 Å². The number of nitrogens with two attached hydrogens (primary N) is 1. The summed E-state index contributed by atoms with van der Waals surface area (Å²) in [5.74, 6) is 0.195. The van der Waals surface area contributed by atoms with Gasteiger partial charge in [-0.05, 0) is 24.5 Å². The van der Waals surface area contributed by atoms with Gasteiger partial charge >= 0.3 is 0 Å². The number of likely N-dealkylation sites (tertiary alicyclic amines) is 1. The Balaban J connectivity index is 2.31. The van der Waals surface area contributed by atoms with E-state index in [4.69, 9.17) is 17.3 Å². The Kier molecular flexibility index (Phi) is 4.83. The van der Waals surface area contributed by atoms with E-state index in [1.54, 1.807) is 0 Å². The number of halogens is 1. The van der Waals surface area contributed by atoms with Crippen molar-refractivity contribution in [3.63, 3.8) is 0 Å². The summed E-state index contributed by atoms with van der Waals surface area (Å²) in [6.07, 6.45) is 3.34. The highest BCUT2D eigenvalue weighted by atomic mass is 35.5. The second-order valence-electron chi connectivity index (χ2n) is 5.11. The molecule has 1 aromatic carbocycles. The fourth-order valence-corrected chi connectivity index (χ4v) is 2.93. The van der Waals surface area contributed by atoms with Crippen LogP contribution in [0.1, 0.15) is 44.2 Å². The first-order valence-corrected chi connectivity index (χ1v) is 7.32. The Morgan fingerprint density at radius 2 is 2.16 bits per heavy atom. The summed E-state index contributed by atoms with van der Waals surface area (Å²) in [7, 11) is 0. The Labute approximate surface area is 119 Å². The topological polar surface area (TPSA) is 46.3 Å². The van der Waals surface area contributed by atoms with Gasteiger partial charge in [0.05, 0.1) is 6.04 Å². The molecule has 19 heavy (non-hydrogen) atoms. The number of carbonyl (C=O) groups excluding carboxylic acids is 1. The summed E-state index contributed by atoms with van der Waals surface area (Å²) < 4.78 is 0. The number of piperidine rings is 1. The summed E-state index contributed by atoms with van der Waals surface area (Å²) in [6, 6.07) is 7.57. The molecule has 1 amide bonds. The van der Waals surface area contributed by atoms with E-state index in [1.807, 2.05) is 29.2 Å². The predicted molar refractivity (Wildman–Crippen MR) is 78.0 cm³/mol. The fourth-order valence-electron chi connectivity index (χ4n) is 2.68. The van der Waals surface area contributed by atoms with Crippen molar-refractivity contribution in [1.82, 2.24) is 4.90 Å². The van der Waals surface area contributed by atoms with Crippen LogP contribution in [-0.2, 0) is 4.79 Å². The number of benzene rings is 1. The minimum atomic E-state index is -0.0819. The van der Waals surface area contributed by atoms with Crippen LogP contribution in [0.3, 0.4) is 0 Å². The lowest BCUT2D eigenvalue weighted by Crippen LogP contribution is -2.49. The number of amides is 1. The molecule has 2 rings (SSSR count). The zero-order valence-corrected chi connectivity index (χ0v) is 12.1. The maximum atomic E-state index is 12.2. The molecule has 0 radical (unpaired) electrons. The van der Waals surface area contributed by atoms with Gasteiger partial charge < -0.3 is 10.6 Å². The first-order chi connectivity index (χ1) is 9.15. The molecule has 0 aliphatic carbocycles. The molecule has 2 N–H and O–H groups in total. The smallest absolute Gasteiger partial charge is 0.223 e. The molecular formula is C15H21ClN2O. The molecule has 1 aliphatic rings. The van der Waals surface area contributed by atoms with Crippen LogP contribution in [0.4, 0.5) is 0 Å². The first-order valence-electron chi connectivity index (χ1n) is 6.94. The molecule has 1 fully saturated rings. The largest absolute Gasteiger partial charge is 0.334 e. The molecule has 104 valence electrons. The summed E-state index contributed by atoms with van der Waals surface area (Å²) in [5, 5.41) is 0.694. The number of rotatable bonds is 4. The van der Waals surface area contributed by atoms with Crippen LogP contribution in [0.25, 0.3) is 0 Å². The number of hydrogen-bond acceptors (Lipinski definition) is 2. The highest BCUT2D eigenvalue weighted by molar-refractivity contribution is 6.31. The quantitative estimate of drug-likeness (QED) is 0.921. The molecule has 1 heterocycles. The number of hydrogen-bond donors (Lipinski definition) is 1. The van der Waals surface area contributed by atoms with Gasteiger partial charge in [0.2, 0.25) is 5.91 Å².